The number of benzene rings is 2. The molecule has 3 rings (SSSR count). The third kappa shape index (κ3) is 6.66. The summed E-state index contributed by atoms with van der Waals surface area (Å²) < 4.78 is 11.0. The first-order chi connectivity index (χ1) is 16.5. The molecule has 1 N–H and O–H groups in total. The fraction of sp³-hybridized carbons (Fsp3) is 0.481. The number of hydrogen-bond acceptors (Lipinski definition) is 4. The number of halogens is 1. The fourth-order valence-electron chi connectivity index (χ4n) is 4.56. The van der Waals surface area contributed by atoms with Crippen molar-refractivity contribution >= 4 is 23.4 Å². The van der Waals surface area contributed by atoms with Crippen LogP contribution in [-0.4, -0.2) is 49.4 Å². The van der Waals surface area contributed by atoms with Crippen LogP contribution in [0.1, 0.15) is 49.8 Å². The molecular formula is C27H35ClN2O4. The quantitative estimate of drug-likeness (QED) is 0.492. The van der Waals surface area contributed by atoms with Gasteiger partial charge in [-0.25, -0.2) is 0 Å². The minimum atomic E-state index is -0.889. The first-order valence-corrected chi connectivity index (χ1v) is 12.4. The lowest BCUT2D eigenvalue weighted by Crippen LogP contribution is -2.48. The van der Waals surface area contributed by atoms with Crippen LogP contribution < -0.4 is 14.8 Å². The third-order valence-electron chi connectivity index (χ3n) is 6.57. The second-order valence-electron chi connectivity index (χ2n) is 8.93. The molecule has 0 bridgehead atoms. The average molecular weight is 487 g/mol. The van der Waals surface area contributed by atoms with Crippen LogP contribution in [-0.2, 0) is 16.0 Å². The molecule has 1 saturated carbocycles. The summed E-state index contributed by atoms with van der Waals surface area (Å²) in [5.41, 5.74) is 1.66. The Bertz CT molecular complexity index is 945. The van der Waals surface area contributed by atoms with E-state index in [9.17, 15) is 9.59 Å². The van der Waals surface area contributed by atoms with Gasteiger partial charge < -0.3 is 19.7 Å². The van der Waals surface area contributed by atoms with Crippen molar-refractivity contribution in [3.05, 3.63) is 59.7 Å². The fourth-order valence-corrected chi connectivity index (χ4v) is 4.71. The number of hydrogen-bond donors (Lipinski definition) is 1. The Hall–Kier alpha value is -2.73. The van der Waals surface area contributed by atoms with Crippen molar-refractivity contribution in [3.8, 4) is 11.5 Å². The van der Waals surface area contributed by atoms with Crippen molar-refractivity contribution in [1.29, 1.82) is 0 Å². The molecule has 2 aromatic carbocycles. The molecule has 0 spiro atoms. The molecule has 0 radical (unpaired) electrons. The molecule has 0 saturated heterocycles. The van der Waals surface area contributed by atoms with Crippen LogP contribution in [0.5, 0.6) is 11.5 Å². The van der Waals surface area contributed by atoms with Crippen molar-refractivity contribution in [2.75, 3.05) is 26.6 Å². The predicted molar refractivity (Wildman–Crippen MR) is 134 cm³/mol. The molecule has 34 heavy (non-hydrogen) atoms. The SMILES string of the molecule is COc1ccc(OC)c([C@H](C(=O)NC2CCC(C)CC2)N(CCc2ccccc2)C(=O)CCl)c1. The molecule has 2 aromatic rings. The molecule has 0 aliphatic heterocycles. The van der Waals surface area contributed by atoms with Crippen LogP contribution >= 0.6 is 11.6 Å². The van der Waals surface area contributed by atoms with Crippen molar-refractivity contribution in [2.24, 2.45) is 5.92 Å². The number of carbonyl (C=O) groups excluding carboxylic acids is 2. The van der Waals surface area contributed by atoms with Gasteiger partial charge in [-0.05, 0) is 61.8 Å². The van der Waals surface area contributed by atoms with Crippen LogP contribution in [0.4, 0.5) is 0 Å². The predicted octanol–water partition coefficient (Wildman–Crippen LogP) is 4.75. The summed E-state index contributed by atoms with van der Waals surface area (Å²) in [6.07, 6.45) is 4.62. The van der Waals surface area contributed by atoms with E-state index in [1.54, 1.807) is 37.3 Å². The lowest BCUT2D eigenvalue weighted by atomic mass is 9.87. The maximum Gasteiger partial charge on any atom is 0.247 e. The van der Waals surface area contributed by atoms with E-state index in [4.69, 9.17) is 21.1 Å². The minimum absolute atomic E-state index is 0.0879. The Labute approximate surface area is 207 Å². The summed E-state index contributed by atoms with van der Waals surface area (Å²) in [6, 6.07) is 14.4. The largest absolute Gasteiger partial charge is 0.497 e. The van der Waals surface area contributed by atoms with Gasteiger partial charge >= 0.3 is 0 Å². The molecule has 1 fully saturated rings. The van der Waals surface area contributed by atoms with E-state index in [0.717, 1.165) is 31.2 Å². The van der Waals surface area contributed by atoms with E-state index in [-0.39, 0.29) is 23.7 Å². The van der Waals surface area contributed by atoms with Crippen molar-refractivity contribution in [3.63, 3.8) is 0 Å². The normalized spacial score (nSPS) is 18.6. The lowest BCUT2D eigenvalue weighted by Gasteiger charge is -2.34. The minimum Gasteiger partial charge on any atom is -0.497 e. The Morgan fingerprint density at radius 3 is 2.38 bits per heavy atom. The molecule has 1 aliphatic rings. The highest BCUT2D eigenvalue weighted by molar-refractivity contribution is 6.27. The second kappa shape index (κ2) is 12.7. The molecule has 0 unspecified atom stereocenters. The Morgan fingerprint density at radius 1 is 1.06 bits per heavy atom. The van der Waals surface area contributed by atoms with Crippen LogP contribution in [0.15, 0.2) is 48.5 Å². The maximum atomic E-state index is 13.8. The first kappa shape index (κ1) is 25.9. The molecule has 1 atom stereocenters. The number of methoxy groups -OCH3 is 2. The average Bonchev–Trinajstić information content (AvgIpc) is 2.87. The van der Waals surface area contributed by atoms with Crippen LogP contribution in [0, 0.1) is 5.92 Å². The van der Waals surface area contributed by atoms with Gasteiger partial charge in [-0.3, -0.25) is 9.59 Å². The standard InChI is InChI=1S/C27H35ClN2O4/c1-19-9-11-21(12-10-19)29-27(32)26(23-17-22(33-2)13-14-24(23)34-3)30(25(31)18-28)16-15-20-7-5-4-6-8-20/h4-8,13-14,17,19,21,26H,9-12,15-16,18H2,1-3H3,(H,29,32)/t19?,21?,26-/m1/s1. The molecule has 2 amide bonds. The van der Waals surface area contributed by atoms with E-state index in [0.29, 0.717) is 35.9 Å². The van der Waals surface area contributed by atoms with Gasteiger partial charge in [0.1, 0.15) is 23.4 Å². The van der Waals surface area contributed by atoms with Gasteiger partial charge in [0.05, 0.1) is 14.2 Å². The summed E-state index contributed by atoms with van der Waals surface area (Å²) in [4.78, 5) is 28.4. The number of carbonyl (C=O) groups is 2. The van der Waals surface area contributed by atoms with Crippen molar-refractivity contribution in [1.82, 2.24) is 10.2 Å². The number of rotatable bonds is 10. The molecule has 6 nitrogen and oxygen atoms in total. The van der Waals surface area contributed by atoms with E-state index < -0.39 is 6.04 Å². The maximum absolute atomic E-state index is 13.8. The van der Waals surface area contributed by atoms with Gasteiger partial charge in [-0.2, -0.15) is 0 Å². The zero-order valence-corrected chi connectivity index (χ0v) is 21.0. The van der Waals surface area contributed by atoms with Gasteiger partial charge in [0.15, 0.2) is 0 Å². The zero-order chi connectivity index (χ0) is 24.5. The van der Waals surface area contributed by atoms with E-state index in [1.165, 1.54) is 0 Å². The Morgan fingerprint density at radius 2 is 1.76 bits per heavy atom. The summed E-state index contributed by atoms with van der Waals surface area (Å²) >= 11 is 6.03. The van der Waals surface area contributed by atoms with Gasteiger partial charge in [-0.1, -0.05) is 37.3 Å². The van der Waals surface area contributed by atoms with Crippen molar-refractivity contribution < 1.29 is 19.1 Å². The molecule has 184 valence electrons. The van der Waals surface area contributed by atoms with Crippen LogP contribution in [0.3, 0.4) is 0 Å². The van der Waals surface area contributed by atoms with Gasteiger partial charge in [0, 0.05) is 18.2 Å². The van der Waals surface area contributed by atoms with E-state index >= 15 is 0 Å². The molecule has 1 aliphatic carbocycles. The highest BCUT2D eigenvalue weighted by Crippen LogP contribution is 2.34. The number of nitrogens with one attached hydrogen (secondary N) is 1. The van der Waals surface area contributed by atoms with Gasteiger partial charge in [0.2, 0.25) is 11.8 Å². The topological polar surface area (TPSA) is 67.9 Å². The number of nitrogens with zero attached hydrogens (tertiary/aromatic N) is 1. The lowest BCUT2D eigenvalue weighted by molar-refractivity contribution is -0.139. The number of ether oxygens (including phenoxy) is 2. The summed E-state index contributed by atoms with van der Waals surface area (Å²) in [6.45, 7) is 2.59. The molecule has 0 heterocycles. The summed E-state index contributed by atoms with van der Waals surface area (Å²) in [5, 5.41) is 3.21. The molecule has 7 heteroatoms. The Kier molecular flexibility index (Phi) is 9.63. The monoisotopic (exact) mass is 486 g/mol. The highest BCUT2D eigenvalue weighted by atomic mass is 35.5. The van der Waals surface area contributed by atoms with Gasteiger partial charge in [-0.15, -0.1) is 11.6 Å². The van der Waals surface area contributed by atoms with Crippen LogP contribution in [0.25, 0.3) is 0 Å². The smallest absolute Gasteiger partial charge is 0.247 e. The molecule has 0 aromatic heterocycles. The van der Waals surface area contributed by atoms with Crippen LogP contribution in [0.2, 0.25) is 0 Å². The highest BCUT2D eigenvalue weighted by Gasteiger charge is 2.35. The second-order valence-corrected chi connectivity index (χ2v) is 9.20. The number of amides is 2. The summed E-state index contributed by atoms with van der Waals surface area (Å²) in [7, 11) is 3.13. The summed E-state index contributed by atoms with van der Waals surface area (Å²) in [5.74, 6) is 1.03. The van der Waals surface area contributed by atoms with E-state index in [1.807, 2.05) is 30.3 Å². The Balaban J connectivity index is 1.97. The third-order valence-corrected chi connectivity index (χ3v) is 6.80. The first-order valence-electron chi connectivity index (χ1n) is 11.9. The number of alkyl halides is 1. The molecular weight excluding hydrogens is 452 g/mol. The van der Waals surface area contributed by atoms with Crippen molar-refractivity contribution in [2.45, 2.75) is 51.1 Å². The van der Waals surface area contributed by atoms with E-state index in [2.05, 4.69) is 12.2 Å². The van der Waals surface area contributed by atoms with Gasteiger partial charge in [0.25, 0.3) is 0 Å². The zero-order valence-electron chi connectivity index (χ0n) is 20.3.